The molecule has 0 radical (unpaired) electrons. The molecule has 2 amide bonds. The van der Waals surface area contributed by atoms with Gasteiger partial charge in [0.15, 0.2) is 0 Å². The van der Waals surface area contributed by atoms with Gasteiger partial charge in [0.1, 0.15) is 11.8 Å². The molecule has 3 rings (SSSR count). The van der Waals surface area contributed by atoms with Gasteiger partial charge in [0, 0.05) is 22.1 Å². The number of hydrogen-bond donors (Lipinski definition) is 3. The Balaban J connectivity index is 1.82. The fraction of sp³-hybridized carbons (Fsp3) is 0.130. The van der Waals surface area contributed by atoms with Gasteiger partial charge in [-0.15, -0.1) is 0 Å². The Labute approximate surface area is 177 Å². The summed E-state index contributed by atoms with van der Waals surface area (Å²) < 4.78 is 0.849. The highest BCUT2D eigenvalue weighted by molar-refractivity contribution is 9.10. The number of hydrogen-bond acceptors (Lipinski definition) is 3. The highest BCUT2D eigenvalue weighted by atomic mass is 79.9. The number of anilines is 1. The van der Waals surface area contributed by atoms with Gasteiger partial charge in [-0.1, -0.05) is 52.3 Å². The molecule has 0 saturated heterocycles. The third-order valence-electron chi connectivity index (χ3n) is 4.49. The average molecular weight is 453 g/mol. The summed E-state index contributed by atoms with van der Waals surface area (Å²) in [6, 6.07) is 20.2. The maximum Gasteiger partial charge on any atom is 0.251 e. The third-order valence-corrected chi connectivity index (χ3v) is 4.98. The predicted molar refractivity (Wildman–Crippen MR) is 117 cm³/mol. The van der Waals surface area contributed by atoms with Crippen LogP contribution < -0.4 is 10.6 Å². The van der Waals surface area contributed by atoms with E-state index in [0.29, 0.717) is 11.3 Å². The molecule has 0 bridgehead atoms. The summed E-state index contributed by atoms with van der Waals surface area (Å²) in [6.07, 6.45) is 0.289. The van der Waals surface area contributed by atoms with Crippen molar-refractivity contribution in [3.8, 4) is 5.75 Å². The molecule has 0 heterocycles. The van der Waals surface area contributed by atoms with E-state index in [0.717, 1.165) is 15.6 Å². The highest BCUT2D eigenvalue weighted by Gasteiger charge is 2.22. The van der Waals surface area contributed by atoms with Crippen LogP contribution in [0, 0.1) is 6.92 Å². The smallest absolute Gasteiger partial charge is 0.251 e. The van der Waals surface area contributed by atoms with Gasteiger partial charge in [-0.2, -0.15) is 0 Å². The fourth-order valence-corrected chi connectivity index (χ4v) is 3.22. The number of rotatable bonds is 6. The second-order valence-corrected chi connectivity index (χ2v) is 7.63. The molecule has 3 aromatic rings. The summed E-state index contributed by atoms with van der Waals surface area (Å²) in [6.45, 7) is 1.90. The molecule has 0 aliphatic heterocycles. The first-order chi connectivity index (χ1) is 13.9. The first kappa shape index (κ1) is 20.6. The second kappa shape index (κ2) is 9.39. The summed E-state index contributed by atoms with van der Waals surface area (Å²) in [5.41, 5.74) is 2.89. The van der Waals surface area contributed by atoms with E-state index in [-0.39, 0.29) is 24.0 Å². The van der Waals surface area contributed by atoms with E-state index in [9.17, 15) is 14.7 Å². The van der Waals surface area contributed by atoms with E-state index < -0.39 is 6.04 Å². The topological polar surface area (TPSA) is 78.4 Å². The van der Waals surface area contributed by atoms with Gasteiger partial charge >= 0.3 is 0 Å². The molecule has 0 aliphatic carbocycles. The number of phenolic OH excluding ortho intramolecular Hbond substituents is 1. The van der Waals surface area contributed by atoms with Crippen molar-refractivity contribution in [3.63, 3.8) is 0 Å². The van der Waals surface area contributed by atoms with Crippen molar-refractivity contribution in [1.82, 2.24) is 5.32 Å². The molecule has 1 atom stereocenters. The first-order valence-electron chi connectivity index (χ1n) is 9.13. The van der Waals surface area contributed by atoms with Crippen LogP contribution in [0.25, 0.3) is 0 Å². The number of phenols is 1. The molecule has 3 aromatic carbocycles. The summed E-state index contributed by atoms with van der Waals surface area (Å²) >= 11 is 3.41. The largest absolute Gasteiger partial charge is 0.508 e. The zero-order chi connectivity index (χ0) is 20.8. The van der Waals surface area contributed by atoms with E-state index in [4.69, 9.17) is 0 Å². The molecule has 29 heavy (non-hydrogen) atoms. The van der Waals surface area contributed by atoms with Crippen LogP contribution in [-0.2, 0) is 11.2 Å². The Morgan fingerprint density at radius 1 is 1.00 bits per heavy atom. The Bertz CT molecular complexity index is 1000. The molecule has 0 spiro atoms. The average Bonchev–Trinajstić information content (AvgIpc) is 2.72. The van der Waals surface area contributed by atoms with Crippen LogP contribution in [0.3, 0.4) is 0 Å². The lowest BCUT2D eigenvalue weighted by molar-refractivity contribution is -0.118. The van der Waals surface area contributed by atoms with Crippen molar-refractivity contribution in [3.05, 3.63) is 94.0 Å². The summed E-state index contributed by atoms with van der Waals surface area (Å²) in [5.74, 6) is -0.494. The number of carbonyl (C=O) groups is 2. The standard InChI is InChI=1S/C23H21BrN2O3/c1-15-7-10-18(24)14-20(15)25-23(29)21(13-16-8-11-19(27)12-9-16)26-22(28)17-5-3-2-4-6-17/h2-12,14,21,27H,13H2,1H3,(H,25,29)(H,26,28). The SMILES string of the molecule is Cc1ccc(Br)cc1NC(=O)C(Cc1ccc(O)cc1)NC(=O)c1ccccc1. The van der Waals surface area contributed by atoms with E-state index in [1.54, 1.807) is 48.5 Å². The van der Waals surface area contributed by atoms with Crippen molar-refractivity contribution in [2.75, 3.05) is 5.32 Å². The maximum atomic E-state index is 13.0. The number of benzene rings is 3. The zero-order valence-corrected chi connectivity index (χ0v) is 17.4. The zero-order valence-electron chi connectivity index (χ0n) is 15.9. The number of carbonyl (C=O) groups excluding carboxylic acids is 2. The summed E-state index contributed by atoms with van der Waals surface area (Å²) in [7, 11) is 0. The molecule has 0 aliphatic rings. The first-order valence-corrected chi connectivity index (χ1v) is 9.92. The van der Waals surface area contributed by atoms with Crippen LogP contribution in [0.4, 0.5) is 5.69 Å². The molecule has 3 N–H and O–H groups in total. The molecule has 0 saturated carbocycles. The van der Waals surface area contributed by atoms with E-state index in [1.807, 2.05) is 31.2 Å². The van der Waals surface area contributed by atoms with Crippen molar-refractivity contribution >= 4 is 33.4 Å². The Kier molecular flexibility index (Phi) is 6.67. The van der Waals surface area contributed by atoms with Gasteiger partial charge in [0.2, 0.25) is 5.91 Å². The minimum absolute atomic E-state index is 0.146. The minimum Gasteiger partial charge on any atom is -0.508 e. The van der Waals surface area contributed by atoms with E-state index in [1.165, 1.54) is 0 Å². The number of aromatic hydroxyl groups is 1. The molecule has 1 unspecified atom stereocenters. The molecule has 148 valence electrons. The van der Waals surface area contributed by atoms with Crippen LogP contribution in [-0.4, -0.2) is 23.0 Å². The fourth-order valence-electron chi connectivity index (χ4n) is 2.86. The number of nitrogens with one attached hydrogen (secondary N) is 2. The monoisotopic (exact) mass is 452 g/mol. The van der Waals surface area contributed by atoms with Gasteiger partial charge < -0.3 is 15.7 Å². The summed E-state index contributed by atoms with van der Waals surface area (Å²) in [5, 5.41) is 15.2. The van der Waals surface area contributed by atoms with Crippen LogP contribution in [0.2, 0.25) is 0 Å². The number of aryl methyl sites for hydroxylation is 1. The Hall–Kier alpha value is -3.12. The maximum absolute atomic E-state index is 13.0. The van der Waals surface area contributed by atoms with Crippen LogP contribution >= 0.6 is 15.9 Å². The predicted octanol–water partition coefficient (Wildman–Crippen LogP) is 4.44. The number of halogens is 1. The highest BCUT2D eigenvalue weighted by Crippen LogP contribution is 2.21. The molecule has 6 heteroatoms. The van der Waals surface area contributed by atoms with Gasteiger partial charge in [0.25, 0.3) is 5.91 Å². The second-order valence-electron chi connectivity index (χ2n) is 6.71. The Morgan fingerprint density at radius 2 is 1.69 bits per heavy atom. The molecule has 0 fully saturated rings. The van der Waals surface area contributed by atoms with Crippen molar-refractivity contribution < 1.29 is 14.7 Å². The van der Waals surface area contributed by atoms with Crippen molar-refractivity contribution in [2.45, 2.75) is 19.4 Å². The lowest BCUT2D eigenvalue weighted by Crippen LogP contribution is -2.45. The quantitative estimate of drug-likeness (QED) is 0.517. The van der Waals surface area contributed by atoms with Gasteiger partial charge in [-0.25, -0.2) is 0 Å². The van der Waals surface area contributed by atoms with Crippen LogP contribution in [0.15, 0.2) is 77.3 Å². The van der Waals surface area contributed by atoms with E-state index >= 15 is 0 Å². The van der Waals surface area contributed by atoms with E-state index in [2.05, 4.69) is 26.6 Å². The van der Waals surface area contributed by atoms with Crippen molar-refractivity contribution in [1.29, 1.82) is 0 Å². The minimum atomic E-state index is -0.786. The Morgan fingerprint density at radius 3 is 2.38 bits per heavy atom. The van der Waals surface area contributed by atoms with Gasteiger partial charge in [-0.3, -0.25) is 9.59 Å². The van der Waals surface area contributed by atoms with Crippen LogP contribution in [0.5, 0.6) is 5.75 Å². The van der Waals surface area contributed by atoms with Gasteiger partial charge in [0.05, 0.1) is 0 Å². The molecular weight excluding hydrogens is 432 g/mol. The molecule has 0 aromatic heterocycles. The molecule has 5 nitrogen and oxygen atoms in total. The summed E-state index contributed by atoms with van der Waals surface area (Å²) in [4.78, 5) is 25.7. The lowest BCUT2D eigenvalue weighted by Gasteiger charge is -2.20. The van der Waals surface area contributed by atoms with Crippen LogP contribution in [0.1, 0.15) is 21.5 Å². The molecular formula is C23H21BrN2O3. The normalized spacial score (nSPS) is 11.5. The van der Waals surface area contributed by atoms with Crippen molar-refractivity contribution in [2.24, 2.45) is 0 Å². The third kappa shape index (κ3) is 5.68. The van der Waals surface area contributed by atoms with Gasteiger partial charge in [-0.05, 0) is 54.4 Å². The lowest BCUT2D eigenvalue weighted by atomic mass is 10.0. The number of amides is 2.